The highest BCUT2D eigenvalue weighted by Crippen LogP contribution is 2.32. The SMILES string of the molecule is CC(C)C(CN)CNc1cc(Cl)c(Cl)cc1Cl. The Balaban J connectivity index is 2.72. The van der Waals surface area contributed by atoms with Crippen LogP contribution >= 0.6 is 34.8 Å². The summed E-state index contributed by atoms with van der Waals surface area (Å²) < 4.78 is 0. The van der Waals surface area contributed by atoms with Crippen LogP contribution in [-0.2, 0) is 0 Å². The number of nitrogens with two attached hydrogens (primary N) is 1. The molecule has 0 aromatic heterocycles. The first-order chi connectivity index (χ1) is 7.95. The van der Waals surface area contributed by atoms with E-state index >= 15 is 0 Å². The second-order valence-electron chi connectivity index (χ2n) is 4.37. The first kappa shape index (κ1) is 14.9. The summed E-state index contributed by atoms with van der Waals surface area (Å²) in [5.74, 6) is 0.926. The molecule has 0 bridgehead atoms. The van der Waals surface area contributed by atoms with Crippen LogP contribution in [0.15, 0.2) is 12.1 Å². The van der Waals surface area contributed by atoms with Crippen LogP contribution in [0.5, 0.6) is 0 Å². The zero-order valence-electron chi connectivity index (χ0n) is 9.93. The highest BCUT2D eigenvalue weighted by Gasteiger charge is 2.12. The maximum Gasteiger partial charge on any atom is 0.0653 e. The van der Waals surface area contributed by atoms with Crippen molar-refractivity contribution in [3.05, 3.63) is 27.2 Å². The molecule has 0 heterocycles. The molecular weight excluding hydrogens is 279 g/mol. The van der Waals surface area contributed by atoms with E-state index in [4.69, 9.17) is 40.5 Å². The lowest BCUT2D eigenvalue weighted by Gasteiger charge is -2.20. The van der Waals surface area contributed by atoms with Gasteiger partial charge in [-0.1, -0.05) is 48.7 Å². The third kappa shape index (κ3) is 4.22. The van der Waals surface area contributed by atoms with Gasteiger partial charge in [0.1, 0.15) is 0 Å². The van der Waals surface area contributed by atoms with Gasteiger partial charge in [0.15, 0.2) is 0 Å². The fraction of sp³-hybridized carbons (Fsp3) is 0.500. The van der Waals surface area contributed by atoms with Crippen LogP contribution in [0.2, 0.25) is 15.1 Å². The van der Waals surface area contributed by atoms with E-state index in [-0.39, 0.29) is 0 Å². The third-order valence-electron chi connectivity index (χ3n) is 2.81. The summed E-state index contributed by atoms with van der Waals surface area (Å²) in [6, 6.07) is 3.38. The van der Waals surface area contributed by atoms with E-state index in [9.17, 15) is 0 Å². The van der Waals surface area contributed by atoms with E-state index in [1.54, 1.807) is 12.1 Å². The number of nitrogens with one attached hydrogen (secondary N) is 1. The summed E-state index contributed by atoms with van der Waals surface area (Å²) in [7, 11) is 0. The number of hydrogen-bond donors (Lipinski definition) is 2. The highest BCUT2D eigenvalue weighted by atomic mass is 35.5. The summed E-state index contributed by atoms with van der Waals surface area (Å²) in [6.45, 7) is 5.71. The predicted octanol–water partition coefficient (Wildman–Crippen LogP) is 4.29. The molecule has 0 amide bonds. The third-order valence-corrected chi connectivity index (χ3v) is 3.85. The molecule has 1 rings (SSSR count). The Hall–Kier alpha value is -0.150. The lowest BCUT2D eigenvalue weighted by Crippen LogP contribution is -2.27. The molecule has 0 spiro atoms. The van der Waals surface area contributed by atoms with Crippen molar-refractivity contribution in [1.29, 1.82) is 0 Å². The summed E-state index contributed by atoms with van der Waals surface area (Å²) in [5.41, 5.74) is 6.50. The molecule has 5 heteroatoms. The van der Waals surface area contributed by atoms with Gasteiger partial charge >= 0.3 is 0 Å². The van der Waals surface area contributed by atoms with Gasteiger partial charge in [-0.25, -0.2) is 0 Å². The Kier molecular flexibility index (Phi) is 5.87. The van der Waals surface area contributed by atoms with Crippen LogP contribution in [0.3, 0.4) is 0 Å². The van der Waals surface area contributed by atoms with Crippen molar-refractivity contribution in [3.63, 3.8) is 0 Å². The number of hydrogen-bond acceptors (Lipinski definition) is 2. The quantitative estimate of drug-likeness (QED) is 0.795. The molecule has 3 N–H and O–H groups in total. The van der Waals surface area contributed by atoms with Crippen LogP contribution in [0, 0.1) is 11.8 Å². The monoisotopic (exact) mass is 294 g/mol. The van der Waals surface area contributed by atoms with Gasteiger partial charge in [0.2, 0.25) is 0 Å². The Morgan fingerprint density at radius 2 is 1.71 bits per heavy atom. The second-order valence-corrected chi connectivity index (χ2v) is 5.59. The van der Waals surface area contributed by atoms with Crippen LogP contribution in [0.25, 0.3) is 0 Å². The smallest absolute Gasteiger partial charge is 0.0653 e. The van der Waals surface area contributed by atoms with Gasteiger partial charge in [0, 0.05) is 6.54 Å². The fourth-order valence-corrected chi connectivity index (χ4v) is 2.10. The van der Waals surface area contributed by atoms with Crippen molar-refractivity contribution >= 4 is 40.5 Å². The molecule has 96 valence electrons. The first-order valence-electron chi connectivity index (χ1n) is 5.54. The molecule has 0 radical (unpaired) electrons. The second kappa shape index (κ2) is 6.69. The predicted molar refractivity (Wildman–Crippen MR) is 77.3 cm³/mol. The zero-order valence-corrected chi connectivity index (χ0v) is 12.2. The standard InChI is InChI=1S/C12H17Cl3N2/c1-7(2)8(5-16)6-17-12-4-10(14)9(13)3-11(12)15/h3-4,7-8,17H,5-6,16H2,1-2H3. The Morgan fingerprint density at radius 1 is 1.12 bits per heavy atom. The van der Waals surface area contributed by atoms with E-state index in [2.05, 4.69) is 19.2 Å². The molecule has 0 saturated heterocycles. The molecule has 0 aliphatic rings. The van der Waals surface area contributed by atoms with E-state index < -0.39 is 0 Å². The molecule has 17 heavy (non-hydrogen) atoms. The lowest BCUT2D eigenvalue weighted by molar-refractivity contribution is 0.413. The average Bonchev–Trinajstić information content (AvgIpc) is 2.25. The van der Waals surface area contributed by atoms with Gasteiger partial charge in [-0.05, 0) is 30.5 Å². The van der Waals surface area contributed by atoms with Gasteiger partial charge in [-0.3, -0.25) is 0 Å². The molecule has 1 aromatic rings. The highest BCUT2D eigenvalue weighted by molar-refractivity contribution is 6.44. The normalized spacial score (nSPS) is 12.9. The summed E-state index contributed by atoms with van der Waals surface area (Å²) in [4.78, 5) is 0. The lowest BCUT2D eigenvalue weighted by atomic mass is 9.96. The number of anilines is 1. The molecule has 1 unspecified atom stereocenters. The van der Waals surface area contributed by atoms with Crippen molar-refractivity contribution in [2.75, 3.05) is 18.4 Å². The number of rotatable bonds is 5. The molecule has 1 aromatic carbocycles. The van der Waals surface area contributed by atoms with Gasteiger partial charge in [-0.15, -0.1) is 0 Å². The zero-order chi connectivity index (χ0) is 13.0. The Bertz CT molecular complexity index is 380. The van der Waals surface area contributed by atoms with E-state index in [0.29, 0.717) is 33.4 Å². The topological polar surface area (TPSA) is 38.0 Å². The van der Waals surface area contributed by atoms with Crippen LogP contribution < -0.4 is 11.1 Å². The van der Waals surface area contributed by atoms with E-state index in [0.717, 1.165) is 12.2 Å². The van der Waals surface area contributed by atoms with Crippen molar-refractivity contribution < 1.29 is 0 Å². The van der Waals surface area contributed by atoms with E-state index in [1.165, 1.54) is 0 Å². The molecule has 1 atom stereocenters. The van der Waals surface area contributed by atoms with Crippen molar-refractivity contribution in [2.45, 2.75) is 13.8 Å². The van der Waals surface area contributed by atoms with Gasteiger partial charge in [-0.2, -0.15) is 0 Å². The molecule has 0 fully saturated rings. The molecule has 0 aliphatic carbocycles. The average molecular weight is 296 g/mol. The van der Waals surface area contributed by atoms with Gasteiger partial charge < -0.3 is 11.1 Å². The maximum absolute atomic E-state index is 6.07. The van der Waals surface area contributed by atoms with Gasteiger partial charge in [0.25, 0.3) is 0 Å². The minimum atomic E-state index is 0.403. The summed E-state index contributed by atoms with van der Waals surface area (Å²) >= 11 is 17.9. The largest absolute Gasteiger partial charge is 0.383 e. The molecular formula is C12H17Cl3N2. The first-order valence-corrected chi connectivity index (χ1v) is 6.67. The molecule has 0 saturated carbocycles. The summed E-state index contributed by atoms with van der Waals surface area (Å²) in [6.07, 6.45) is 0. The number of halogens is 3. The maximum atomic E-state index is 6.07. The summed E-state index contributed by atoms with van der Waals surface area (Å²) in [5, 5.41) is 4.78. The van der Waals surface area contributed by atoms with Crippen LogP contribution in [0.1, 0.15) is 13.8 Å². The minimum absolute atomic E-state index is 0.403. The van der Waals surface area contributed by atoms with Crippen molar-refractivity contribution in [3.8, 4) is 0 Å². The van der Waals surface area contributed by atoms with Gasteiger partial charge in [0.05, 0.1) is 20.8 Å². The van der Waals surface area contributed by atoms with Crippen LogP contribution in [0.4, 0.5) is 5.69 Å². The molecule has 2 nitrogen and oxygen atoms in total. The Morgan fingerprint density at radius 3 is 2.24 bits per heavy atom. The van der Waals surface area contributed by atoms with Crippen molar-refractivity contribution in [2.24, 2.45) is 17.6 Å². The fourth-order valence-electron chi connectivity index (χ4n) is 1.49. The Labute approximate surface area is 117 Å². The minimum Gasteiger partial charge on any atom is -0.383 e. The van der Waals surface area contributed by atoms with Crippen molar-refractivity contribution in [1.82, 2.24) is 0 Å². The van der Waals surface area contributed by atoms with Crippen LogP contribution in [-0.4, -0.2) is 13.1 Å². The van der Waals surface area contributed by atoms with E-state index in [1.807, 2.05) is 0 Å². The molecule has 0 aliphatic heterocycles. The number of benzene rings is 1.